The maximum Gasteiger partial charge on any atom is 0.311 e. The molecule has 3 aliphatic rings. The van der Waals surface area contributed by atoms with Crippen LogP contribution in [-0.2, 0) is 28.5 Å². The van der Waals surface area contributed by atoms with Crippen LogP contribution in [0.1, 0.15) is 91.9 Å². The molecule has 0 amide bonds. The van der Waals surface area contributed by atoms with Gasteiger partial charge >= 0.3 is 11.9 Å². The third kappa shape index (κ3) is 18.8. The number of rotatable bonds is 3. The van der Waals surface area contributed by atoms with Crippen molar-refractivity contribution >= 4 is 11.9 Å². The molecular formula is C47H75NO17. The van der Waals surface area contributed by atoms with Gasteiger partial charge in [-0.25, -0.2) is 0 Å². The Bertz CT molecular complexity index is 1620. The summed E-state index contributed by atoms with van der Waals surface area (Å²) in [5, 5.41) is 118. The Morgan fingerprint density at radius 1 is 0.692 bits per heavy atom. The summed E-state index contributed by atoms with van der Waals surface area (Å²) in [6, 6.07) is -1.14. The summed E-state index contributed by atoms with van der Waals surface area (Å²) in [6.45, 7) is 6.78. The number of cyclic esters (lactones) is 1. The van der Waals surface area contributed by atoms with E-state index < -0.39 is 147 Å². The fourth-order valence-corrected chi connectivity index (χ4v) is 8.13. The molecule has 0 aromatic rings. The molecule has 18 nitrogen and oxygen atoms in total. The van der Waals surface area contributed by atoms with Gasteiger partial charge in [0.1, 0.15) is 18.1 Å². The summed E-state index contributed by atoms with van der Waals surface area (Å²) < 4.78 is 23.2. The molecule has 0 aliphatic carbocycles. The average molecular weight is 926 g/mol. The van der Waals surface area contributed by atoms with Gasteiger partial charge in [-0.15, -0.1) is 0 Å². The first-order valence-corrected chi connectivity index (χ1v) is 22.6. The Balaban J connectivity index is 1.84. The highest BCUT2D eigenvalue weighted by Crippen LogP contribution is 2.38. The summed E-state index contributed by atoms with van der Waals surface area (Å²) in [5.74, 6) is -6.77. The Hall–Kier alpha value is -3.18. The number of aliphatic carboxylic acids is 1. The number of allylic oxidation sites excluding steroid dienone is 10. The van der Waals surface area contributed by atoms with Gasteiger partial charge in [0.05, 0.1) is 79.6 Å². The van der Waals surface area contributed by atoms with Crippen LogP contribution in [0.3, 0.4) is 0 Å². The number of carbonyl (C=O) groups is 2. The SMILES string of the molecule is C[C@@H]1[C@H](O)[C@@H](C)/C=C/C=C/CC/C=C/C=C/C=C/C=C/[C@H](O[C@@H]2O[C@H](C)[C@@H](O)[C@H](N)[C@@H]2O)C[C@@H]2O[C@@](O)(C[C@@H](O)C[C@@H](O)[C@H](O)CC[C@@H](O)C[C@@H](O)CC(=O)O[C@H]1C)C[C@H](O)[C@H]2C(=O)O. The fraction of sp³-hybridized carbons (Fsp3) is 0.702. The molecule has 0 aromatic carbocycles. The lowest BCUT2D eigenvalue weighted by Gasteiger charge is -2.45. The Morgan fingerprint density at radius 3 is 1.97 bits per heavy atom. The van der Waals surface area contributed by atoms with Crippen LogP contribution in [-0.4, -0.2) is 166 Å². The molecule has 370 valence electrons. The number of esters is 1. The van der Waals surface area contributed by atoms with Crippen molar-refractivity contribution in [3.63, 3.8) is 0 Å². The van der Waals surface area contributed by atoms with Gasteiger partial charge in [0.2, 0.25) is 0 Å². The van der Waals surface area contributed by atoms with E-state index >= 15 is 0 Å². The zero-order chi connectivity index (χ0) is 48.4. The van der Waals surface area contributed by atoms with Gasteiger partial charge in [-0.3, -0.25) is 9.59 Å². The molecule has 18 heteroatoms. The monoisotopic (exact) mass is 926 g/mol. The van der Waals surface area contributed by atoms with E-state index in [9.17, 15) is 65.8 Å². The Labute approximate surface area is 381 Å². The van der Waals surface area contributed by atoms with Crippen molar-refractivity contribution in [2.45, 2.75) is 189 Å². The molecule has 0 saturated carbocycles. The molecule has 3 rings (SSSR count). The van der Waals surface area contributed by atoms with Crippen molar-refractivity contribution in [3.05, 3.63) is 72.9 Å². The molecule has 19 atom stereocenters. The minimum Gasteiger partial charge on any atom is -0.481 e. The lowest BCUT2D eigenvalue weighted by molar-refractivity contribution is -0.308. The van der Waals surface area contributed by atoms with Crippen LogP contribution >= 0.6 is 0 Å². The highest BCUT2D eigenvalue weighted by molar-refractivity contribution is 5.71. The molecule has 2 bridgehead atoms. The number of fused-ring (bicyclic) bond motifs is 2. The number of aliphatic hydroxyl groups excluding tert-OH is 9. The van der Waals surface area contributed by atoms with Crippen molar-refractivity contribution < 1.29 is 84.7 Å². The van der Waals surface area contributed by atoms with Crippen LogP contribution in [0.15, 0.2) is 72.9 Å². The summed E-state index contributed by atoms with van der Waals surface area (Å²) in [5.41, 5.74) is 6.02. The molecule has 0 aromatic heterocycles. The van der Waals surface area contributed by atoms with Crippen molar-refractivity contribution in [3.8, 4) is 0 Å². The first-order chi connectivity index (χ1) is 30.6. The molecule has 2 saturated heterocycles. The van der Waals surface area contributed by atoms with E-state index in [1.807, 2.05) is 49.5 Å². The van der Waals surface area contributed by atoms with Crippen LogP contribution < -0.4 is 5.73 Å². The predicted molar refractivity (Wildman–Crippen MR) is 237 cm³/mol. The van der Waals surface area contributed by atoms with Gasteiger partial charge < -0.3 is 80.9 Å². The summed E-state index contributed by atoms with van der Waals surface area (Å²) in [4.78, 5) is 25.1. The highest BCUT2D eigenvalue weighted by Gasteiger charge is 2.51. The van der Waals surface area contributed by atoms with Gasteiger partial charge in [-0.2, -0.15) is 0 Å². The lowest BCUT2D eigenvalue weighted by Crippen LogP contribution is -2.61. The van der Waals surface area contributed by atoms with E-state index in [0.29, 0.717) is 0 Å². The number of nitrogens with two attached hydrogens (primary N) is 1. The van der Waals surface area contributed by atoms with E-state index in [0.717, 1.165) is 12.8 Å². The lowest BCUT2D eigenvalue weighted by atomic mass is 9.82. The first-order valence-electron chi connectivity index (χ1n) is 22.6. The number of hydrogen-bond donors (Lipinski definition) is 12. The van der Waals surface area contributed by atoms with Gasteiger partial charge in [-0.1, -0.05) is 86.8 Å². The molecule has 13 N–H and O–H groups in total. The number of carbonyl (C=O) groups excluding carboxylic acids is 1. The molecule has 0 unspecified atom stereocenters. The second-order valence-electron chi connectivity index (χ2n) is 17.8. The van der Waals surface area contributed by atoms with Crippen molar-refractivity contribution in [2.24, 2.45) is 23.5 Å². The average Bonchev–Trinajstić information content (AvgIpc) is 3.21. The normalized spacial score (nSPS) is 45.2. The molecule has 2 fully saturated rings. The van der Waals surface area contributed by atoms with E-state index in [1.165, 1.54) is 13.0 Å². The maximum absolute atomic E-state index is 12.6. The smallest absolute Gasteiger partial charge is 0.311 e. The third-order valence-electron chi connectivity index (χ3n) is 12.2. The van der Waals surface area contributed by atoms with Crippen LogP contribution in [0.2, 0.25) is 0 Å². The molecule has 65 heavy (non-hydrogen) atoms. The molecule has 0 spiro atoms. The summed E-state index contributed by atoms with van der Waals surface area (Å²) in [7, 11) is 0. The van der Waals surface area contributed by atoms with Crippen LogP contribution in [0.4, 0.5) is 0 Å². The van der Waals surface area contributed by atoms with Crippen molar-refractivity contribution in [1.29, 1.82) is 0 Å². The number of hydrogen-bond acceptors (Lipinski definition) is 17. The van der Waals surface area contributed by atoms with Crippen molar-refractivity contribution in [1.82, 2.24) is 0 Å². The van der Waals surface area contributed by atoms with Gasteiger partial charge in [0.15, 0.2) is 12.1 Å². The van der Waals surface area contributed by atoms with Crippen molar-refractivity contribution in [2.75, 3.05) is 0 Å². The van der Waals surface area contributed by atoms with E-state index in [1.54, 1.807) is 38.2 Å². The van der Waals surface area contributed by atoms with E-state index in [2.05, 4.69) is 0 Å². The van der Waals surface area contributed by atoms with E-state index in [4.69, 9.17) is 24.7 Å². The zero-order valence-corrected chi connectivity index (χ0v) is 37.8. The van der Waals surface area contributed by atoms with Gasteiger partial charge in [-0.05, 0) is 46.0 Å². The predicted octanol–water partition coefficient (Wildman–Crippen LogP) is 0.936. The van der Waals surface area contributed by atoms with Crippen LogP contribution in [0.5, 0.6) is 0 Å². The van der Waals surface area contributed by atoms with Crippen LogP contribution in [0, 0.1) is 17.8 Å². The topological polar surface area (TPSA) is 320 Å². The third-order valence-corrected chi connectivity index (χ3v) is 12.2. The second kappa shape index (κ2) is 27.6. The Kier molecular flexibility index (Phi) is 23.8. The quantitative estimate of drug-likeness (QED) is 0.175. The summed E-state index contributed by atoms with van der Waals surface area (Å²) in [6.07, 6.45) is 2.26. The highest BCUT2D eigenvalue weighted by atomic mass is 16.7. The minimum atomic E-state index is -2.32. The largest absolute Gasteiger partial charge is 0.481 e. The molecule has 0 radical (unpaired) electrons. The molecule has 3 aliphatic heterocycles. The van der Waals surface area contributed by atoms with Crippen LogP contribution in [0.25, 0.3) is 0 Å². The molecule has 3 heterocycles. The maximum atomic E-state index is 12.6. The Morgan fingerprint density at radius 2 is 1.31 bits per heavy atom. The van der Waals surface area contributed by atoms with Gasteiger partial charge in [0.25, 0.3) is 0 Å². The second-order valence-corrected chi connectivity index (χ2v) is 17.8. The van der Waals surface area contributed by atoms with E-state index in [-0.39, 0.29) is 31.6 Å². The minimum absolute atomic E-state index is 0.103. The standard InChI is InChI=1S/C47H75NO17/c1-27-17-15-13-11-9-7-5-6-8-10-12-14-16-18-34(64-46-44(58)41(48)43(57)30(4)63-46)24-38-40(45(59)60)37(54)26-47(61,65-38)25-33(51)22-36(53)35(52)20-19-31(49)21-32(50)23-39(55)62-29(3)28(2)42(27)56/h5-6,8,10-18,27-38,40-44,46,49-54,56-58,61H,7,9,19-26,48H2,1-4H3,(H,59,60)/b6-5+,10-8+,13-11+,14-12+,17-15+,18-16+/t27-,28-,29-,30+,31+,32+,33-,34-,35+,36+,37-,38-,40+,41-,42+,43+,44-,46-,47-/m0/s1. The number of aliphatic hydroxyl groups is 10. The fourth-order valence-electron chi connectivity index (χ4n) is 8.13. The molecular weight excluding hydrogens is 851 g/mol. The zero-order valence-electron chi connectivity index (χ0n) is 37.8. The number of ether oxygens (including phenoxy) is 4. The van der Waals surface area contributed by atoms with Gasteiger partial charge in [0, 0.05) is 37.5 Å². The first kappa shape index (κ1) is 56.1. The summed E-state index contributed by atoms with van der Waals surface area (Å²) >= 11 is 0. The number of carboxylic acids is 1. The number of carboxylic acid groups (broad SMARTS) is 1.